The number of halogens is 5. The summed E-state index contributed by atoms with van der Waals surface area (Å²) < 4.78 is 39.4. The lowest BCUT2D eigenvalue weighted by atomic mass is 10.2. The van der Waals surface area contributed by atoms with Crippen molar-refractivity contribution in [3.63, 3.8) is 0 Å². The Morgan fingerprint density at radius 1 is 1.35 bits per heavy atom. The molecule has 0 amide bonds. The van der Waals surface area contributed by atoms with Crippen LogP contribution in [0.2, 0.25) is 10.0 Å². The van der Waals surface area contributed by atoms with E-state index in [9.17, 15) is 18.0 Å². The van der Waals surface area contributed by atoms with Crippen LogP contribution in [0.15, 0.2) is 12.1 Å². The number of alkyl halides is 3. The molecule has 0 saturated carbocycles. The van der Waals surface area contributed by atoms with E-state index in [0.717, 1.165) is 12.1 Å². The first kappa shape index (κ1) is 13.9. The molecule has 0 unspecified atom stereocenters. The molecule has 0 aliphatic heterocycles. The van der Waals surface area contributed by atoms with Gasteiger partial charge in [0.15, 0.2) is 6.61 Å². The van der Waals surface area contributed by atoms with Crippen LogP contribution in [0.5, 0.6) is 0 Å². The summed E-state index contributed by atoms with van der Waals surface area (Å²) >= 11 is 11.2. The van der Waals surface area contributed by atoms with Crippen LogP contribution < -0.4 is 5.73 Å². The minimum absolute atomic E-state index is 0.0156. The lowest BCUT2D eigenvalue weighted by Crippen LogP contribution is -2.20. The summed E-state index contributed by atoms with van der Waals surface area (Å²) in [6, 6.07) is 2.17. The summed E-state index contributed by atoms with van der Waals surface area (Å²) in [6.07, 6.45) is -4.59. The second-order valence-electron chi connectivity index (χ2n) is 3.05. The van der Waals surface area contributed by atoms with E-state index < -0.39 is 18.8 Å². The topological polar surface area (TPSA) is 52.3 Å². The molecule has 0 spiro atoms. The van der Waals surface area contributed by atoms with Crippen molar-refractivity contribution in [2.45, 2.75) is 6.18 Å². The normalized spacial score (nSPS) is 11.4. The third kappa shape index (κ3) is 3.98. The van der Waals surface area contributed by atoms with Gasteiger partial charge in [-0.3, -0.25) is 0 Å². The number of esters is 1. The van der Waals surface area contributed by atoms with E-state index in [4.69, 9.17) is 28.9 Å². The Morgan fingerprint density at radius 2 is 1.94 bits per heavy atom. The van der Waals surface area contributed by atoms with Crippen LogP contribution in [0.1, 0.15) is 10.4 Å². The molecule has 1 rings (SSSR count). The number of nitrogen functional groups attached to an aromatic ring is 1. The minimum atomic E-state index is -4.59. The van der Waals surface area contributed by atoms with Gasteiger partial charge >= 0.3 is 12.1 Å². The van der Waals surface area contributed by atoms with Crippen LogP contribution in [0.3, 0.4) is 0 Å². The van der Waals surface area contributed by atoms with E-state index in [-0.39, 0.29) is 21.3 Å². The average Bonchev–Trinajstić information content (AvgIpc) is 2.20. The highest BCUT2D eigenvalue weighted by molar-refractivity contribution is 6.43. The molecule has 0 aromatic heterocycles. The Balaban J connectivity index is 2.84. The quantitative estimate of drug-likeness (QED) is 0.671. The van der Waals surface area contributed by atoms with Gasteiger partial charge in [0.2, 0.25) is 0 Å². The first-order chi connectivity index (χ1) is 7.70. The Labute approximate surface area is 104 Å². The molecule has 1 aromatic carbocycles. The first-order valence-electron chi connectivity index (χ1n) is 4.19. The second-order valence-corrected chi connectivity index (χ2v) is 3.84. The van der Waals surface area contributed by atoms with Crippen LogP contribution in [-0.4, -0.2) is 18.8 Å². The number of carbonyl (C=O) groups excluding carboxylic acids is 1. The summed E-state index contributed by atoms with van der Waals surface area (Å²) in [5.74, 6) is -1.17. The van der Waals surface area contributed by atoms with E-state index in [1.54, 1.807) is 0 Å². The van der Waals surface area contributed by atoms with Crippen molar-refractivity contribution in [1.82, 2.24) is 0 Å². The predicted molar refractivity (Wildman–Crippen MR) is 57.2 cm³/mol. The molecule has 1 aromatic rings. The van der Waals surface area contributed by atoms with Crippen LogP contribution in [0.4, 0.5) is 18.9 Å². The lowest BCUT2D eigenvalue weighted by Gasteiger charge is -2.09. The summed E-state index contributed by atoms with van der Waals surface area (Å²) in [7, 11) is 0. The standard InChI is InChI=1S/C9H6Cl2F3NO2/c10-5-1-4(2-6(15)7(5)11)8(16)17-3-9(12,13)14/h1-2H,3,15H2. The van der Waals surface area contributed by atoms with Gasteiger partial charge < -0.3 is 10.5 Å². The number of ether oxygens (including phenoxy) is 1. The zero-order valence-corrected chi connectivity index (χ0v) is 9.66. The van der Waals surface area contributed by atoms with E-state index in [1.807, 2.05) is 0 Å². The Morgan fingerprint density at radius 3 is 2.41 bits per heavy atom. The van der Waals surface area contributed by atoms with Crippen molar-refractivity contribution in [2.24, 2.45) is 0 Å². The lowest BCUT2D eigenvalue weighted by molar-refractivity contribution is -0.161. The van der Waals surface area contributed by atoms with Crippen LogP contribution in [0, 0.1) is 0 Å². The number of anilines is 1. The summed E-state index contributed by atoms with van der Waals surface area (Å²) in [5, 5.41) is -0.00957. The van der Waals surface area contributed by atoms with Gasteiger partial charge in [0.1, 0.15) is 0 Å². The maximum Gasteiger partial charge on any atom is 0.422 e. The van der Waals surface area contributed by atoms with Crippen LogP contribution in [0.25, 0.3) is 0 Å². The molecule has 2 N–H and O–H groups in total. The fraction of sp³-hybridized carbons (Fsp3) is 0.222. The molecule has 17 heavy (non-hydrogen) atoms. The van der Waals surface area contributed by atoms with Crippen LogP contribution in [-0.2, 0) is 4.74 Å². The van der Waals surface area contributed by atoms with Crippen molar-refractivity contribution in [3.8, 4) is 0 Å². The fourth-order valence-corrected chi connectivity index (χ4v) is 1.29. The number of nitrogens with two attached hydrogens (primary N) is 1. The molecule has 0 atom stereocenters. The molecule has 0 aliphatic carbocycles. The van der Waals surface area contributed by atoms with Crippen molar-refractivity contribution >= 4 is 34.9 Å². The summed E-state index contributed by atoms with van der Waals surface area (Å²) in [4.78, 5) is 11.2. The van der Waals surface area contributed by atoms with Crippen molar-refractivity contribution in [1.29, 1.82) is 0 Å². The van der Waals surface area contributed by atoms with Gasteiger partial charge in [0.05, 0.1) is 21.3 Å². The predicted octanol–water partition coefficient (Wildman–Crippen LogP) is 3.29. The molecule has 8 heteroatoms. The average molecular weight is 288 g/mol. The van der Waals surface area contributed by atoms with E-state index in [0.29, 0.717) is 0 Å². The maximum atomic E-state index is 11.8. The number of hydrogen-bond donors (Lipinski definition) is 1. The van der Waals surface area contributed by atoms with Crippen molar-refractivity contribution < 1.29 is 22.7 Å². The highest BCUT2D eigenvalue weighted by Gasteiger charge is 2.30. The zero-order chi connectivity index (χ0) is 13.2. The molecular formula is C9H6Cl2F3NO2. The smallest absolute Gasteiger partial charge is 0.422 e. The highest BCUT2D eigenvalue weighted by atomic mass is 35.5. The maximum absolute atomic E-state index is 11.8. The summed E-state index contributed by atoms with van der Waals surface area (Å²) in [6.45, 7) is -1.67. The molecule has 3 nitrogen and oxygen atoms in total. The van der Waals surface area contributed by atoms with Gasteiger partial charge in [0, 0.05) is 0 Å². The third-order valence-corrected chi connectivity index (χ3v) is 2.48. The van der Waals surface area contributed by atoms with Gasteiger partial charge in [-0.2, -0.15) is 13.2 Å². The largest absolute Gasteiger partial charge is 0.452 e. The van der Waals surface area contributed by atoms with Gasteiger partial charge in [-0.15, -0.1) is 0 Å². The van der Waals surface area contributed by atoms with Gasteiger partial charge in [-0.05, 0) is 12.1 Å². The molecule has 0 bridgehead atoms. The molecule has 0 fully saturated rings. The molecule has 94 valence electrons. The number of rotatable bonds is 2. The Kier molecular flexibility index (Phi) is 4.11. The molecular weight excluding hydrogens is 282 g/mol. The molecule has 0 heterocycles. The van der Waals surface area contributed by atoms with E-state index >= 15 is 0 Å². The Bertz CT molecular complexity index is 425. The SMILES string of the molecule is Nc1cc(C(=O)OCC(F)(F)F)cc(Cl)c1Cl. The second kappa shape index (κ2) is 5.01. The first-order valence-corrected chi connectivity index (χ1v) is 4.94. The molecule has 0 aliphatic rings. The highest BCUT2D eigenvalue weighted by Crippen LogP contribution is 2.29. The molecule has 0 saturated heterocycles. The number of hydrogen-bond acceptors (Lipinski definition) is 3. The van der Waals surface area contributed by atoms with Crippen molar-refractivity contribution in [2.75, 3.05) is 12.3 Å². The van der Waals surface area contributed by atoms with E-state index in [2.05, 4.69) is 4.74 Å². The number of carbonyl (C=O) groups is 1. The summed E-state index contributed by atoms with van der Waals surface area (Å²) in [5.41, 5.74) is 5.19. The zero-order valence-electron chi connectivity index (χ0n) is 8.15. The number of benzene rings is 1. The fourth-order valence-electron chi connectivity index (χ4n) is 0.959. The molecule has 0 radical (unpaired) electrons. The van der Waals surface area contributed by atoms with E-state index in [1.165, 1.54) is 0 Å². The Hall–Kier alpha value is -1.14. The van der Waals surface area contributed by atoms with Gasteiger partial charge in [0.25, 0.3) is 0 Å². The monoisotopic (exact) mass is 287 g/mol. The third-order valence-electron chi connectivity index (χ3n) is 1.66. The van der Waals surface area contributed by atoms with Crippen molar-refractivity contribution in [3.05, 3.63) is 27.7 Å². The van der Waals surface area contributed by atoms with Gasteiger partial charge in [-0.25, -0.2) is 4.79 Å². The van der Waals surface area contributed by atoms with Crippen LogP contribution >= 0.6 is 23.2 Å². The minimum Gasteiger partial charge on any atom is -0.452 e. The van der Waals surface area contributed by atoms with Gasteiger partial charge in [-0.1, -0.05) is 23.2 Å².